The molecule has 6 heteroatoms. The first-order valence-electron chi connectivity index (χ1n) is 6.80. The third-order valence-corrected chi connectivity index (χ3v) is 3.29. The van der Waals surface area contributed by atoms with Gasteiger partial charge in [-0.3, -0.25) is 9.48 Å². The number of para-hydroxylation sites is 1. The van der Waals surface area contributed by atoms with Gasteiger partial charge in [0.1, 0.15) is 24.0 Å². The molecule has 1 unspecified atom stereocenters. The van der Waals surface area contributed by atoms with Gasteiger partial charge in [0.2, 0.25) is 5.91 Å². The zero-order chi connectivity index (χ0) is 14.7. The van der Waals surface area contributed by atoms with Gasteiger partial charge in [-0.2, -0.15) is 5.10 Å². The van der Waals surface area contributed by atoms with Crippen LogP contribution in [0.1, 0.15) is 12.7 Å². The second-order valence-corrected chi connectivity index (χ2v) is 4.99. The molecule has 0 aliphatic rings. The van der Waals surface area contributed by atoms with E-state index in [0.29, 0.717) is 13.1 Å². The van der Waals surface area contributed by atoms with Crippen molar-refractivity contribution in [1.29, 1.82) is 0 Å². The normalized spacial score (nSPS) is 12.4. The van der Waals surface area contributed by atoms with Gasteiger partial charge in [0.05, 0.1) is 19.0 Å². The van der Waals surface area contributed by atoms with Crippen molar-refractivity contribution >= 4 is 16.9 Å². The third-order valence-electron chi connectivity index (χ3n) is 3.29. The number of furan rings is 1. The van der Waals surface area contributed by atoms with Gasteiger partial charge in [-0.05, 0) is 12.1 Å². The van der Waals surface area contributed by atoms with Gasteiger partial charge >= 0.3 is 0 Å². The van der Waals surface area contributed by atoms with Crippen LogP contribution < -0.4 is 5.32 Å². The molecule has 3 rings (SSSR count). The summed E-state index contributed by atoms with van der Waals surface area (Å²) in [5, 5.41) is 7.91. The molecule has 1 atom stereocenters. The molecular formula is C15H16N4O2. The molecule has 0 fully saturated rings. The maximum absolute atomic E-state index is 12.0. The molecule has 0 aliphatic carbocycles. The van der Waals surface area contributed by atoms with E-state index in [1.165, 1.54) is 6.33 Å². The molecule has 3 aromatic rings. The van der Waals surface area contributed by atoms with E-state index in [4.69, 9.17) is 4.42 Å². The van der Waals surface area contributed by atoms with E-state index in [1.807, 2.05) is 37.3 Å². The summed E-state index contributed by atoms with van der Waals surface area (Å²) in [5.74, 6) is 0.527. The lowest BCUT2D eigenvalue weighted by atomic mass is 10.1. The van der Waals surface area contributed by atoms with Gasteiger partial charge in [0.15, 0.2) is 0 Å². The molecule has 0 saturated heterocycles. The van der Waals surface area contributed by atoms with E-state index >= 15 is 0 Å². The molecule has 1 aromatic carbocycles. The predicted octanol–water partition coefficient (Wildman–Crippen LogP) is 1.98. The SMILES string of the molecule is CC(Cn1cncn1)C(=O)NCc1cc2ccccc2o1. The lowest BCUT2D eigenvalue weighted by molar-refractivity contribution is -0.125. The summed E-state index contributed by atoms with van der Waals surface area (Å²) in [5.41, 5.74) is 0.831. The second kappa shape index (κ2) is 5.78. The Morgan fingerprint density at radius 1 is 1.43 bits per heavy atom. The Kier molecular flexibility index (Phi) is 3.68. The van der Waals surface area contributed by atoms with Crippen molar-refractivity contribution in [1.82, 2.24) is 20.1 Å². The fourth-order valence-corrected chi connectivity index (χ4v) is 2.16. The number of hydrogen-bond donors (Lipinski definition) is 1. The average molecular weight is 284 g/mol. The highest BCUT2D eigenvalue weighted by molar-refractivity contribution is 5.79. The number of fused-ring (bicyclic) bond motifs is 1. The molecule has 1 amide bonds. The molecule has 0 bridgehead atoms. The van der Waals surface area contributed by atoms with Crippen LogP contribution in [0.15, 0.2) is 47.4 Å². The largest absolute Gasteiger partial charge is 0.459 e. The van der Waals surface area contributed by atoms with Crippen molar-refractivity contribution in [3.63, 3.8) is 0 Å². The monoisotopic (exact) mass is 284 g/mol. The Morgan fingerprint density at radius 3 is 3.05 bits per heavy atom. The molecule has 2 aromatic heterocycles. The van der Waals surface area contributed by atoms with E-state index in [-0.39, 0.29) is 11.8 Å². The number of aromatic nitrogens is 3. The molecule has 108 valence electrons. The Bertz CT molecular complexity index is 700. The lowest BCUT2D eigenvalue weighted by Gasteiger charge is -2.10. The number of amides is 1. The molecular weight excluding hydrogens is 268 g/mol. The fraction of sp³-hybridized carbons (Fsp3) is 0.267. The van der Waals surface area contributed by atoms with Gasteiger partial charge in [-0.1, -0.05) is 25.1 Å². The number of nitrogens with one attached hydrogen (secondary N) is 1. The molecule has 1 N–H and O–H groups in total. The smallest absolute Gasteiger partial charge is 0.225 e. The van der Waals surface area contributed by atoms with Gasteiger partial charge in [0.25, 0.3) is 0 Å². The van der Waals surface area contributed by atoms with Crippen molar-refractivity contribution in [3.8, 4) is 0 Å². The standard InChI is InChI=1S/C15H16N4O2/c1-11(8-19-10-16-9-18-19)15(20)17-7-13-6-12-4-2-3-5-14(12)21-13/h2-6,9-11H,7-8H2,1H3,(H,17,20). The Morgan fingerprint density at radius 2 is 2.29 bits per heavy atom. The summed E-state index contributed by atoms with van der Waals surface area (Å²) in [6.07, 6.45) is 3.06. The van der Waals surface area contributed by atoms with Crippen LogP contribution in [-0.2, 0) is 17.9 Å². The number of carbonyl (C=O) groups is 1. The molecule has 2 heterocycles. The second-order valence-electron chi connectivity index (χ2n) is 4.99. The number of nitrogens with zero attached hydrogens (tertiary/aromatic N) is 3. The van der Waals surface area contributed by atoms with Crippen LogP contribution in [0.2, 0.25) is 0 Å². The number of hydrogen-bond acceptors (Lipinski definition) is 4. The van der Waals surface area contributed by atoms with Crippen LogP contribution in [0.5, 0.6) is 0 Å². The van der Waals surface area contributed by atoms with Crippen molar-refractivity contribution in [2.75, 3.05) is 0 Å². The third kappa shape index (κ3) is 3.10. The molecule has 0 aliphatic heterocycles. The van der Waals surface area contributed by atoms with Crippen LogP contribution >= 0.6 is 0 Å². The first kappa shape index (κ1) is 13.4. The number of benzene rings is 1. The van der Waals surface area contributed by atoms with E-state index in [1.54, 1.807) is 11.0 Å². The van der Waals surface area contributed by atoms with E-state index in [9.17, 15) is 4.79 Å². The quantitative estimate of drug-likeness (QED) is 0.777. The van der Waals surface area contributed by atoms with Gasteiger partial charge in [0, 0.05) is 5.39 Å². The van der Waals surface area contributed by atoms with Crippen LogP contribution in [0.4, 0.5) is 0 Å². The van der Waals surface area contributed by atoms with Crippen molar-refractivity contribution in [2.24, 2.45) is 5.92 Å². The van der Waals surface area contributed by atoms with E-state index in [0.717, 1.165) is 16.7 Å². The summed E-state index contributed by atoms with van der Waals surface area (Å²) in [7, 11) is 0. The van der Waals surface area contributed by atoms with Gasteiger partial charge < -0.3 is 9.73 Å². The minimum Gasteiger partial charge on any atom is -0.459 e. The summed E-state index contributed by atoms with van der Waals surface area (Å²) in [4.78, 5) is 15.9. The zero-order valence-electron chi connectivity index (χ0n) is 11.7. The fourth-order valence-electron chi connectivity index (χ4n) is 2.16. The maximum atomic E-state index is 12.0. The minimum atomic E-state index is -0.184. The van der Waals surface area contributed by atoms with Crippen LogP contribution in [0, 0.1) is 5.92 Å². The number of rotatable bonds is 5. The Labute approximate surface area is 121 Å². The highest BCUT2D eigenvalue weighted by atomic mass is 16.3. The number of carbonyl (C=O) groups excluding carboxylic acids is 1. The zero-order valence-corrected chi connectivity index (χ0v) is 11.7. The van der Waals surface area contributed by atoms with Gasteiger partial charge in [-0.25, -0.2) is 4.98 Å². The minimum absolute atomic E-state index is 0.0362. The highest BCUT2D eigenvalue weighted by Gasteiger charge is 2.14. The van der Waals surface area contributed by atoms with Crippen LogP contribution in [0.3, 0.4) is 0 Å². The molecule has 0 saturated carbocycles. The average Bonchev–Trinajstić information content (AvgIpc) is 3.13. The van der Waals surface area contributed by atoms with Crippen LogP contribution in [-0.4, -0.2) is 20.7 Å². The van der Waals surface area contributed by atoms with E-state index in [2.05, 4.69) is 15.4 Å². The Hall–Kier alpha value is -2.63. The summed E-state index contributed by atoms with van der Waals surface area (Å²) in [6, 6.07) is 9.72. The van der Waals surface area contributed by atoms with Crippen molar-refractivity contribution in [2.45, 2.75) is 20.0 Å². The topological polar surface area (TPSA) is 73.0 Å². The van der Waals surface area contributed by atoms with Crippen LogP contribution in [0.25, 0.3) is 11.0 Å². The van der Waals surface area contributed by atoms with Crippen molar-refractivity contribution < 1.29 is 9.21 Å². The summed E-state index contributed by atoms with van der Waals surface area (Å²) in [6.45, 7) is 2.75. The summed E-state index contributed by atoms with van der Waals surface area (Å²) < 4.78 is 7.31. The first-order valence-corrected chi connectivity index (χ1v) is 6.80. The predicted molar refractivity (Wildman–Crippen MR) is 77.2 cm³/mol. The molecule has 6 nitrogen and oxygen atoms in total. The summed E-state index contributed by atoms with van der Waals surface area (Å²) >= 11 is 0. The molecule has 21 heavy (non-hydrogen) atoms. The molecule has 0 radical (unpaired) electrons. The first-order chi connectivity index (χ1) is 10.2. The Balaban J connectivity index is 1.57. The highest BCUT2D eigenvalue weighted by Crippen LogP contribution is 2.18. The lowest BCUT2D eigenvalue weighted by Crippen LogP contribution is -2.31. The maximum Gasteiger partial charge on any atom is 0.225 e. The van der Waals surface area contributed by atoms with Gasteiger partial charge in [-0.15, -0.1) is 0 Å². The van der Waals surface area contributed by atoms with E-state index < -0.39 is 0 Å². The van der Waals surface area contributed by atoms with Crippen molar-refractivity contribution in [3.05, 3.63) is 48.7 Å². The molecule has 0 spiro atoms.